The molecule has 0 spiro atoms. The van der Waals surface area contributed by atoms with Crippen molar-refractivity contribution in [1.82, 2.24) is 0 Å². The van der Waals surface area contributed by atoms with E-state index >= 15 is 0 Å². The van der Waals surface area contributed by atoms with Gasteiger partial charge in [0.25, 0.3) is 0 Å². The van der Waals surface area contributed by atoms with Crippen LogP contribution in [0.4, 0.5) is 0 Å². The third kappa shape index (κ3) is 5.33. The molecule has 0 fully saturated rings. The highest BCUT2D eigenvalue weighted by molar-refractivity contribution is 4.70. The summed E-state index contributed by atoms with van der Waals surface area (Å²) in [7, 11) is 0. The minimum absolute atomic E-state index is 0.619. The molecule has 0 aliphatic heterocycles. The van der Waals surface area contributed by atoms with Crippen LogP contribution in [0.5, 0.6) is 0 Å². The Balaban J connectivity index is 3.61. The van der Waals surface area contributed by atoms with Crippen LogP contribution in [0.15, 0.2) is 0 Å². The summed E-state index contributed by atoms with van der Waals surface area (Å²) in [4.78, 5) is 0. The molecule has 0 nitrogen and oxygen atoms in total. The summed E-state index contributed by atoms with van der Waals surface area (Å²) < 4.78 is 0. The van der Waals surface area contributed by atoms with E-state index < -0.39 is 0 Å². The second-order valence-electron chi connectivity index (χ2n) is 4.92. The molecule has 0 radical (unpaired) electrons. The molecule has 0 rings (SSSR count). The van der Waals surface area contributed by atoms with Gasteiger partial charge in [-0.15, -0.1) is 0 Å². The normalized spacial score (nSPS) is 14.5. The average molecular weight is 184 g/mol. The summed E-state index contributed by atoms with van der Waals surface area (Å²) >= 11 is 0. The SMILES string of the molecule is CCC(C)CCCC(C)(CC)CC. The lowest BCUT2D eigenvalue weighted by Crippen LogP contribution is -2.13. The van der Waals surface area contributed by atoms with Gasteiger partial charge in [0.15, 0.2) is 0 Å². The molecular formula is C13H28. The molecule has 0 aromatic rings. The van der Waals surface area contributed by atoms with E-state index in [2.05, 4.69) is 34.6 Å². The Bertz CT molecular complexity index is 111. The lowest BCUT2D eigenvalue weighted by molar-refractivity contribution is 0.255. The van der Waals surface area contributed by atoms with Crippen LogP contribution < -0.4 is 0 Å². The van der Waals surface area contributed by atoms with Crippen LogP contribution in [-0.4, -0.2) is 0 Å². The Morgan fingerprint density at radius 1 is 1.08 bits per heavy atom. The number of rotatable bonds is 7. The van der Waals surface area contributed by atoms with Crippen molar-refractivity contribution in [3.05, 3.63) is 0 Å². The van der Waals surface area contributed by atoms with Crippen molar-refractivity contribution in [2.24, 2.45) is 11.3 Å². The fourth-order valence-corrected chi connectivity index (χ4v) is 1.68. The van der Waals surface area contributed by atoms with Gasteiger partial charge in [-0.05, 0) is 17.8 Å². The van der Waals surface area contributed by atoms with Crippen molar-refractivity contribution < 1.29 is 0 Å². The highest BCUT2D eigenvalue weighted by atomic mass is 14.2. The van der Waals surface area contributed by atoms with Crippen LogP contribution in [0, 0.1) is 11.3 Å². The van der Waals surface area contributed by atoms with E-state index in [0.717, 1.165) is 5.92 Å². The van der Waals surface area contributed by atoms with E-state index in [-0.39, 0.29) is 0 Å². The van der Waals surface area contributed by atoms with Gasteiger partial charge in [0, 0.05) is 0 Å². The number of hydrogen-bond acceptors (Lipinski definition) is 0. The third-order valence-electron chi connectivity index (χ3n) is 3.88. The van der Waals surface area contributed by atoms with Gasteiger partial charge >= 0.3 is 0 Å². The average Bonchev–Trinajstić information content (AvgIpc) is 2.17. The maximum atomic E-state index is 2.43. The Kier molecular flexibility index (Phi) is 6.45. The van der Waals surface area contributed by atoms with Gasteiger partial charge in [0.1, 0.15) is 0 Å². The van der Waals surface area contributed by atoms with Gasteiger partial charge in [0.2, 0.25) is 0 Å². The number of hydrogen-bond donors (Lipinski definition) is 0. The van der Waals surface area contributed by atoms with Gasteiger partial charge in [-0.1, -0.05) is 66.7 Å². The van der Waals surface area contributed by atoms with Crippen molar-refractivity contribution in [3.8, 4) is 0 Å². The standard InChI is InChI=1S/C13H28/c1-6-12(4)10-9-11-13(5,7-2)8-3/h12H,6-11H2,1-5H3. The minimum atomic E-state index is 0.619. The van der Waals surface area contributed by atoms with Gasteiger partial charge in [-0.25, -0.2) is 0 Å². The van der Waals surface area contributed by atoms with E-state index in [1.807, 2.05) is 0 Å². The summed E-state index contributed by atoms with van der Waals surface area (Å²) in [6.45, 7) is 11.8. The maximum Gasteiger partial charge on any atom is -0.0331 e. The molecule has 1 atom stereocenters. The van der Waals surface area contributed by atoms with E-state index in [9.17, 15) is 0 Å². The van der Waals surface area contributed by atoms with Crippen LogP contribution in [0.3, 0.4) is 0 Å². The second kappa shape index (κ2) is 6.45. The minimum Gasteiger partial charge on any atom is -0.0651 e. The van der Waals surface area contributed by atoms with E-state index in [1.54, 1.807) is 0 Å². The van der Waals surface area contributed by atoms with Gasteiger partial charge in [0.05, 0.1) is 0 Å². The van der Waals surface area contributed by atoms with Crippen LogP contribution in [0.25, 0.3) is 0 Å². The molecule has 80 valence electrons. The maximum absolute atomic E-state index is 2.43. The second-order valence-corrected chi connectivity index (χ2v) is 4.92. The van der Waals surface area contributed by atoms with Crippen LogP contribution in [0.2, 0.25) is 0 Å². The molecule has 13 heavy (non-hydrogen) atoms. The largest absolute Gasteiger partial charge is 0.0651 e. The molecule has 0 aromatic heterocycles. The highest BCUT2D eigenvalue weighted by Crippen LogP contribution is 2.32. The van der Waals surface area contributed by atoms with Gasteiger partial charge in [-0.2, -0.15) is 0 Å². The van der Waals surface area contributed by atoms with Crippen LogP contribution in [-0.2, 0) is 0 Å². The van der Waals surface area contributed by atoms with Crippen LogP contribution >= 0.6 is 0 Å². The Morgan fingerprint density at radius 3 is 2.00 bits per heavy atom. The summed E-state index contributed by atoms with van der Waals surface area (Å²) in [5, 5.41) is 0. The molecule has 0 heteroatoms. The highest BCUT2D eigenvalue weighted by Gasteiger charge is 2.18. The third-order valence-corrected chi connectivity index (χ3v) is 3.88. The Labute approximate surface area is 85.1 Å². The van der Waals surface area contributed by atoms with Crippen molar-refractivity contribution in [2.45, 2.75) is 73.1 Å². The lowest BCUT2D eigenvalue weighted by atomic mass is 9.79. The first-order chi connectivity index (χ1) is 6.08. The molecule has 0 aliphatic carbocycles. The predicted octanol–water partition coefficient (Wildman–Crippen LogP) is 5.03. The molecule has 0 aliphatic rings. The zero-order valence-corrected chi connectivity index (χ0v) is 10.3. The molecule has 0 aromatic carbocycles. The first kappa shape index (κ1) is 13.0. The quantitative estimate of drug-likeness (QED) is 0.520. The smallest absolute Gasteiger partial charge is 0.0331 e. The molecular weight excluding hydrogens is 156 g/mol. The molecule has 0 amide bonds. The molecule has 0 bridgehead atoms. The molecule has 0 N–H and O–H groups in total. The van der Waals surface area contributed by atoms with Gasteiger partial charge < -0.3 is 0 Å². The summed E-state index contributed by atoms with van der Waals surface area (Å²) in [6.07, 6.45) is 8.28. The fourth-order valence-electron chi connectivity index (χ4n) is 1.68. The van der Waals surface area contributed by atoms with E-state index in [4.69, 9.17) is 0 Å². The molecule has 0 saturated heterocycles. The first-order valence-corrected chi connectivity index (χ1v) is 6.08. The lowest BCUT2D eigenvalue weighted by Gasteiger charge is -2.27. The van der Waals surface area contributed by atoms with Crippen molar-refractivity contribution in [3.63, 3.8) is 0 Å². The zero-order valence-electron chi connectivity index (χ0n) is 10.3. The topological polar surface area (TPSA) is 0 Å². The van der Waals surface area contributed by atoms with Gasteiger partial charge in [-0.3, -0.25) is 0 Å². The Morgan fingerprint density at radius 2 is 1.62 bits per heavy atom. The monoisotopic (exact) mass is 184 g/mol. The Hall–Kier alpha value is 0. The summed E-state index contributed by atoms with van der Waals surface area (Å²) in [5.41, 5.74) is 0.619. The van der Waals surface area contributed by atoms with E-state index in [0.29, 0.717) is 5.41 Å². The molecule has 0 heterocycles. The summed E-state index contributed by atoms with van der Waals surface area (Å²) in [5.74, 6) is 0.929. The van der Waals surface area contributed by atoms with Crippen molar-refractivity contribution >= 4 is 0 Å². The predicted molar refractivity (Wildman–Crippen MR) is 62.0 cm³/mol. The van der Waals surface area contributed by atoms with Crippen molar-refractivity contribution in [2.75, 3.05) is 0 Å². The summed E-state index contributed by atoms with van der Waals surface area (Å²) in [6, 6.07) is 0. The first-order valence-electron chi connectivity index (χ1n) is 6.08. The molecule has 1 unspecified atom stereocenters. The van der Waals surface area contributed by atoms with Crippen LogP contribution in [0.1, 0.15) is 73.1 Å². The zero-order chi connectivity index (χ0) is 10.3. The fraction of sp³-hybridized carbons (Fsp3) is 1.00. The van der Waals surface area contributed by atoms with Crippen molar-refractivity contribution in [1.29, 1.82) is 0 Å². The molecule has 0 saturated carbocycles. The van der Waals surface area contributed by atoms with E-state index in [1.165, 1.54) is 38.5 Å².